The molecule has 0 aliphatic carbocycles. The van der Waals surface area contributed by atoms with E-state index in [0.717, 1.165) is 11.1 Å². The fourth-order valence-corrected chi connectivity index (χ4v) is 3.52. The van der Waals surface area contributed by atoms with Crippen molar-refractivity contribution < 1.29 is 14.7 Å². The fourth-order valence-electron chi connectivity index (χ4n) is 3.30. The van der Waals surface area contributed by atoms with Crippen LogP contribution < -0.4 is 0 Å². The molecule has 2 aromatic carbocycles. The van der Waals surface area contributed by atoms with E-state index in [1.165, 1.54) is 0 Å². The molecule has 0 saturated carbocycles. The molecule has 4 nitrogen and oxygen atoms in total. The molecule has 0 radical (unpaired) electrons. The van der Waals surface area contributed by atoms with Crippen LogP contribution in [0.2, 0.25) is 5.02 Å². The van der Waals surface area contributed by atoms with Gasteiger partial charge in [-0.25, -0.2) is 0 Å². The van der Waals surface area contributed by atoms with Gasteiger partial charge in [-0.05, 0) is 36.2 Å². The zero-order chi connectivity index (χ0) is 17.3. The Morgan fingerprint density at radius 2 is 1.83 bits per heavy atom. The number of aryl methyl sites for hydroxylation is 1. The average molecular weight is 344 g/mol. The standard InChI is InChI=1S/C19H18ClNO3/c1-12-9-14(20)7-8-15(12)18(22)21-10-16(17(11-21)19(23)24)13-5-3-2-4-6-13/h2-9,16-17H,10-11H2,1H3,(H,23,24)/t16-,17-/m0/s1. The maximum atomic E-state index is 12.8. The molecule has 0 aromatic heterocycles. The van der Waals surface area contributed by atoms with E-state index in [-0.39, 0.29) is 18.4 Å². The van der Waals surface area contributed by atoms with Crippen molar-refractivity contribution >= 4 is 23.5 Å². The number of benzene rings is 2. The van der Waals surface area contributed by atoms with E-state index >= 15 is 0 Å². The Bertz CT molecular complexity index is 775. The Hall–Kier alpha value is -2.33. The lowest BCUT2D eigenvalue weighted by molar-refractivity contribution is -0.141. The van der Waals surface area contributed by atoms with Gasteiger partial charge < -0.3 is 10.0 Å². The second-order valence-electron chi connectivity index (χ2n) is 6.13. The molecule has 1 heterocycles. The third-order valence-electron chi connectivity index (χ3n) is 4.57. The highest BCUT2D eigenvalue weighted by Crippen LogP contribution is 2.34. The van der Waals surface area contributed by atoms with Crippen molar-refractivity contribution in [1.29, 1.82) is 0 Å². The minimum absolute atomic E-state index is 0.145. The first-order valence-corrected chi connectivity index (χ1v) is 8.18. The minimum Gasteiger partial charge on any atom is -0.481 e. The van der Waals surface area contributed by atoms with Gasteiger partial charge in [0, 0.05) is 29.6 Å². The van der Waals surface area contributed by atoms with Crippen LogP contribution in [-0.2, 0) is 4.79 Å². The Kier molecular flexibility index (Phi) is 4.58. The molecule has 0 unspecified atom stereocenters. The third-order valence-corrected chi connectivity index (χ3v) is 4.81. The van der Waals surface area contributed by atoms with Crippen molar-refractivity contribution in [3.8, 4) is 0 Å². The third kappa shape index (κ3) is 3.15. The predicted molar refractivity (Wildman–Crippen MR) is 92.4 cm³/mol. The summed E-state index contributed by atoms with van der Waals surface area (Å²) < 4.78 is 0. The molecule has 2 atom stereocenters. The van der Waals surface area contributed by atoms with Gasteiger partial charge >= 0.3 is 5.97 Å². The number of carboxylic acids is 1. The van der Waals surface area contributed by atoms with Crippen LogP contribution in [0.4, 0.5) is 0 Å². The van der Waals surface area contributed by atoms with Crippen molar-refractivity contribution in [2.45, 2.75) is 12.8 Å². The van der Waals surface area contributed by atoms with Crippen LogP contribution in [-0.4, -0.2) is 35.0 Å². The number of carbonyl (C=O) groups is 2. The number of hydrogen-bond donors (Lipinski definition) is 1. The van der Waals surface area contributed by atoms with E-state index < -0.39 is 11.9 Å². The molecule has 124 valence electrons. The molecule has 1 aliphatic rings. The molecule has 2 aromatic rings. The summed E-state index contributed by atoms with van der Waals surface area (Å²) in [4.78, 5) is 26.1. The monoisotopic (exact) mass is 343 g/mol. The maximum absolute atomic E-state index is 12.8. The summed E-state index contributed by atoms with van der Waals surface area (Å²) in [7, 11) is 0. The summed E-state index contributed by atoms with van der Waals surface area (Å²) in [6.07, 6.45) is 0. The van der Waals surface area contributed by atoms with Gasteiger partial charge in [0.25, 0.3) is 5.91 Å². The number of rotatable bonds is 3. The van der Waals surface area contributed by atoms with Crippen molar-refractivity contribution in [1.82, 2.24) is 4.90 Å². The van der Waals surface area contributed by atoms with E-state index in [1.54, 1.807) is 23.1 Å². The number of amides is 1. The van der Waals surface area contributed by atoms with Gasteiger partial charge in [0.05, 0.1) is 5.92 Å². The second kappa shape index (κ2) is 6.65. The zero-order valence-electron chi connectivity index (χ0n) is 13.3. The zero-order valence-corrected chi connectivity index (χ0v) is 14.0. The van der Waals surface area contributed by atoms with Crippen molar-refractivity contribution in [2.24, 2.45) is 5.92 Å². The average Bonchev–Trinajstić information content (AvgIpc) is 3.01. The summed E-state index contributed by atoms with van der Waals surface area (Å²) in [5.74, 6) is -1.80. The van der Waals surface area contributed by atoms with E-state index in [9.17, 15) is 14.7 Å². The molecule has 5 heteroatoms. The topological polar surface area (TPSA) is 57.6 Å². The van der Waals surface area contributed by atoms with E-state index in [4.69, 9.17) is 11.6 Å². The van der Waals surface area contributed by atoms with Crippen LogP contribution in [0, 0.1) is 12.8 Å². The van der Waals surface area contributed by atoms with E-state index in [0.29, 0.717) is 17.1 Å². The lowest BCUT2D eigenvalue weighted by Gasteiger charge is -2.18. The van der Waals surface area contributed by atoms with Crippen LogP contribution >= 0.6 is 11.6 Å². The molecule has 1 amide bonds. The molecule has 1 fully saturated rings. The van der Waals surface area contributed by atoms with Crippen LogP contribution in [0.3, 0.4) is 0 Å². The number of nitrogens with zero attached hydrogens (tertiary/aromatic N) is 1. The molecular weight excluding hydrogens is 326 g/mol. The number of hydrogen-bond acceptors (Lipinski definition) is 2. The maximum Gasteiger partial charge on any atom is 0.308 e. The normalized spacial score (nSPS) is 20.2. The number of carbonyl (C=O) groups excluding carboxylic acids is 1. The van der Waals surface area contributed by atoms with Gasteiger partial charge in [-0.1, -0.05) is 41.9 Å². The largest absolute Gasteiger partial charge is 0.481 e. The first kappa shape index (κ1) is 16.5. The van der Waals surface area contributed by atoms with Crippen LogP contribution in [0.1, 0.15) is 27.4 Å². The first-order chi connectivity index (χ1) is 11.5. The molecule has 24 heavy (non-hydrogen) atoms. The van der Waals surface area contributed by atoms with Crippen molar-refractivity contribution in [3.05, 3.63) is 70.2 Å². The highest BCUT2D eigenvalue weighted by molar-refractivity contribution is 6.30. The van der Waals surface area contributed by atoms with Gasteiger partial charge in [0.15, 0.2) is 0 Å². The van der Waals surface area contributed by atoms with Crippen molar-refractivity contribution in [3.63, 3.8) is 0 Å². The van der Waals surface area contributed by atoms with Gasteiger partial charge in [-0.15, -0.1) is 0 Å². The summed E-state index contributed by atoms with van der Waals surface area (Å²) in [5, 5.41) is 10.1. The Morgan fingerprint density at radius 3 is 2.46 bits per heavy atom. The Labute approximate surface area is 145 Å². The quantitative estimate of drug-likeness (QED) is 0.926. The number of halogens is 1. The van der Waals surface area contributed by atoms with Crippen LogP contribution in [0.5, 0.6) is 0 Å². The molecular formula is C19H18ClNO3. The fraction of sp³-hybridized carbons (Fsp3) is 0.263. The molecule has 0 bridgehead atoms. The number of likely N-dealkylation sites (tertiary alicyclic amines) is 1. The van der Waals surface area contributed by atoms with Gasteiger partial charge in [0.1, 0.15) is 0 Å². The van der Waals surface area contributed by atoms with E-state index in [2.05, 4.69) is 0 Å². The molecule has 3 rings (SSSR count). The van der Waals surface area contributed by atoms with Gasteiger partial charge in [-0.2, -0.15) is 0 Å². The first-order valence-electron chi connectivity index (χ1n) is 7.80. The number of carboxylic acid groups (broad SMARTS) is 1. The highest BCUT2D eigenvalue weighted by atomic mass is 35.5. The Morgan fingerprint density at radius 1 is 1.12 bits per heavy atom. The van der Waals surface area contributed by atoms with Crippen LogP contribution in [0.15, 0.2) is 48.5 Å². The molecule has 0 spiro atoms. The van der Waals surface area contributed by atoms with Crippen molar-refractivity contribution in [2.75, 3.05) is 13.1 Å². The lowest BCUT2D eigenvalue weighted by Crippen LogP contribution is -2.30. The molecule has 1 saturated heterocycles. The minimum atomic E-state index is -0.869. The molecule has 1 aliphatic heterocycles. The number of aliphatic carboxylic acids is 1. The smallest absolute Gasteiger partial charge is 0.308 e. The summed E-state index contributed by atoms with van der Waals surface area (Å²) in [6.45, 7) is 2.45. The Balaban J connectivity index is 1.87. The predicted octanol–water partition coefficient (Wildman–Crippen LogP) is 3.59. The lowest BCUT2D eigenvalue weighted by atomic mass is 9.89. The second-order valence-corrected chi connectivity index (χ2v) is 6.57. The summed E-state index contributed by atoms with van der Waals surface area (Å²) >= 11 is 5.95. The highest BCUT2D eigenvalue weighted by Gasteiger charge is 2.40. The van der Waals surface area contributed by atoms with Gasteiger partial charge in [0.2, 0.25) is 0 Å². The van der Waals surface area contributed by atoms with Crippen LogP contribution in [0.25, 0.3) is 0 Å². The summed E-state index contributed by atoms with van der Waals surface area (Å²) in [6, 6.07) is 14.6. The summed E-state index contributed by atoms with van der Waals surface area (Å²) in [5.41, 5.74) is 2.31. The van der Waals surface area contributed by atoms with E-state index in [1.807, 2.05) is 37.3 Å². The van der Waals surface area contributed by atoms with Gasteiger partial charge in [-0.3, -0.25) is 9.59 Å². The molecule has 1 N–H and O–H groups in total. The SMILES string of the molecule is Cc1cc(Cl)ccc1C(=O)N1C[C@H](C(=O)O)[C@H](c2ccccc2)C1.